The lowest BCUT2D eigenvalue weighted by atomic mass is 10.1. The molecule has 0 aliphatic carbocycles. The first-order chi connectivity index (χ1) is 9.00. The number of alkyl halides is 2. The standard InChI is InChI=1S/C12H18F2N4O/c1-7(2)18(6-10(13)14)12(19)11-8-5-15-4-3-9(8)16-17-11/h7,10,15H,3-6H2,1-2H3,(H,16,17). The van der Waals surface area contributed by atoms with Gasteiger partial charge in [-0.2, -0.15) is 5.10 Å². The summed E-state index contributed by atoms with van der Waals surface area (Å²) < 4.78 is 25.1. The second-order valence-electron chi connectivity index (χ2n) is 4.90. The van der Waals surface area contributed by atoms with E-state index in [1.807, 2.05) is 0 Å². The van der Waals surface area contributed by atoms with E-state index in [0.29, 0.717) is 6.54 Å². The molecule has 0 spiro atoms. The van der Waals surface area contributed by atoms with Gasteiger partial charge in [-0.3, -0.25) is 9.89 Å². The zero-order valence-corrected chi connectivity index (χ0v) is 11.0. The molecule has 2 N–H and O–H groups in total. The van der Waals surface area contributed by atoms with Gasteiger partial charge in [-0.05, 0) is 13.8 Å². The van der Waals surface area contributed by atoms with Crippen molar-refractivity contribution in [3.63, 3.8) is 0 Å². The van der Waals surface area contributed by atoms with Gasteiger partial charge in [0.05, 0.1) is 6.54 Å². The molecule has 1 aliphatic heterocycles. The van der Waals surface area contributed by atoms with Gasteiger partial charge in [-0.25, -0.2) is 8.78 Å². The average Bonchev–Trinajstić information content (AvgIpc) is 2.78. The number of halogens is 2. The van der Waals surface area contributed by atoms with Gasteiger partial charge in [0.1, 0.15) is 0 Å². The third-order valence-corrected chi connectivity index (χ3v) is 3.23. The molecule has 7 heteroatoms. The van der Waals surface area contributed by atoms with Crippen molar-refractivity contribution in [2.45, 2.75) is 39.3 Å². The number of hydrogen-bond acceptors (Lipinski definition) is 3. The second kappa shape index (κ2) is 5.64. The summed E-state index contributed by atoms with van der Waals surface area (Å²) in [5, 5.41) is 9.99. The molecule has 19 heavy (non-hydrogen) atoms. The summed E-state index contributed by atoms with van der Waals surface area (Å²) in [4.78, 5) is 13.5. The van der Waals surface area contributed by atoms with Crippen molar-refractivity contribution in [2.75, 3.05) is 13.1 Å². The van der Waals surface area contributed by atoms with Gasteiger partial charge in [0, 0.05) is 36.8 Å². The lowest BCUT2D eigenvalue weighted by Gasteiger charge is -2.26. The smallest absolute Gasteiger partial charge is 0.275 e. The number of rotatable bonds is 4. The molecule has 2 heterocycles. The minimum absolute atomic E-state index is 0.261. The van der Waals surface area contributed by atoms with E-state index in [4.69, 9.17) is 0 Å². The fourth-order valence-corrected chi connectivity index (χ4v) is 2.22. The Balaban J connectivity index is 2.24. The largest absolute Gasteiger partial charge is 0.329 e. The highest BCUT2D eigenvalue weighted by Gasteiger charge is 2.28. The van der Waals surface area contributed by atoms with Crippen LogP contribution in [-0.4, -0.2) is 46.6 Å². The molecule has 1 aromatic heterocycles. The number of H-pyrrole nitrogens is 1. The normalized spacial score (nSPS) is 14.8. The Bertz CT molecular complexity index is 459. The van der Waals surface area contributed by atoms with E-state index < -0.39 is 18.9 Å². The molecular formula is C12H18F2N4O. The van der Waals surface area contributed by atoms with E-state index in [-0.39, 0.29) is 11.7 Å². The predicted octanol–water partition coefficient (Wildman–Crippen LogP) is 1.17. The molecule has 106 valence electrons. The highest BCUT2D eigenvalue weighted by atomic mass is 19.3. The van der Waals surface area contributed by atoms with E-state index in [9.17, 15) is 13.6 Å². The molecule has 0 saturated carbocycles. The monoisotopic (exact) mass is 272 g/mol. The number of hydrogen-bond donors (Lipinski definition) is 2. The summed E-state index contributed by atoms with van der Waals surface area (Å²) in [5.74, 6) is -0.434. The molecule has 0 bridgehead atoms. The van der Waals surface area contributed by atoms with Gasteiger partial charge in [0.2, 0.25) is 0 Å². The summed E-state index contributed by atoms with van der Waals surface area (Å²) in [7, 11) is 0. The van der Waals surface area contributed by atoms with Crippen LogP contribution in [0.2, 0.25) is 0 Å². The SMILES string of the molecule is CC(C)N(CC(F)F)C(=O)c1n[nH]c2c1CNCC2. The maximum absolute atomic E-state index is 12.6. The Morgan fingerprint density at radius 3 is 2.84 bits per heavy atom. The van der Waals surface area contributed by atoms with Crippen LogP contribution >= 0.6 is 0 Å². The number of carbonyl (C=O) groups is 1. The van der Waals surface area contributed by atoms with E-state index in [0.717, 1.165) is 29.1 Å². The van der Waals surface area contributed by atoms with E-state index >= 15 is 0 Å². The van der Waals surface area contributed by atoms with Gasteiger partial charge in [0.15, 0.2) is 5.69 Å². The lowest BCUT2D eigenvalue weighted by Crippen LogP contribution is -2.41. The molecule has 1 aliphatic rings. The van der Waals surface area contributed by atoms with Crippen LogP contribution in [0, 0.1) is 0 Å². The number of carbonyl (C=O) groups excluding carboxylic acids is 1. The van der Waals surface area contributed by atoms with Crippen LogP contribution in [-0.2, 0) is 13.0 Å². The van der Waals surface area contributed by atoms with Crippen LogP contribution in [0.15, 0.2) is 0 Å². The van der Waals surface area contributed by atoms with Crippen molar-refractivity contribution in [1.82, 2.24) is 20.4 Å². The summed E-state index contributed by atoms with van der Waals surface area (Å²) in [6, 6.07) is -0.287. The van der Waals surface area contributed by atoms with Crippen molar-refractivity contribution in [3.05, 3.63) is 17.0 Å². The highest BCUT2D eigenvalue weighted by molar-refractivity contribution is 5.94. The minimum atomic E-state index is -2.54. The van der Waals surface area contributed by atoms with Crippen molar-refractivity contribution in [1.29, 1.82) is 0 Å². The van der Waals surface area contributed by atoms with Crippen molar-refractivity contribution in [2.24, 2.45) is 0 Å². The van der Waals surface area contributed by atoms with Gasteiger partial charge < -0.3 is 10.2 Å². The molecule has 0 unspecified atom stereocenters. The fourth-order valence-electron chi connectivity index (χ4n) is 2.22. The predicted molar refractivity (Wildman–Crippen MR) is 66.2 cm³/mol. The molecule has 0 fully saturated rings. The number of nitrogens with zero attached hydrogens (tertiary/aromatic N) is 2. The van der Waals surface area contributed by atoms with Gasteiger partial charge in [-0.15, -0.1) is 0 Å². The zero-order chi connectivity index (χ0) is 14.0. The Labute approximate surface area is 110 Å². The first kappa shape index (κ1) is 13.9. The third-order valence-electron chi connectivity index (χ3n) is 3.23. The highest BCUT2D eigenvalue weighted by Crippen LogP contribution is 2.18. The molecule has 0 atom stereocenters. The maximum atomic E-state index is 12.6. The zero-order valence-electron chi connectivity index (χ0n) is 11.0. The second-order valence-corrected chi connectivity index (χ2v) is 4.90. The van der Waals surface area contributed by atoms with Crippen LogP contribution < -0.4 is 5.32 Å². The molecule has 1 aromatic rings. The quantitative estimate of drug-likeness (QED) is 0.865. The Morgan fingerprint density at radius 1 is 1.47 bits per heavy atom. The summed E-state index contributed by atoms with van der Waals surface area (Å²) in [6.07, 6.45) is -1.77. The summed E-state index contributed by atoms with van der Waals surface area (Å²) in [5.41, 5.74) is 1.98. The topological polar surface area (TPSA) is 61.0 Å². The van der Waals surface area contributed by atoms with E-state index in [2.05, 4.69) is 15.5 Å². The van der Waals surface area contributed by atoms with Crippen LogP contribution in [0.5, 0.6) is 0 Å². The van der Waals surface area contributed by atoms with Crippen molar-refractivity contribution < 1.29 is 13.6 Å². The van der Waals surface area contributed by atoms with Gasteiger partial charge in [-0.1, -0.05) is 0 Å². The summed E-state index contributed by atoms with van der Waals surface area (Å²) >= 11 is 0. The Kier molecular flexibility index (Phi) is 4.14. The number of aromatic nitrogens is 2. The van der Waals surface area contributed by atoms with Crippen LogP contribution in [0.3, 0.4) is 0 Å². The van der Waals surface area contributed by atoms with Crippen LogP contribution in [0.4, 0.5) is 8.78 Å². The minimum Gasteiger partial charge on any atom is -0.329 e. The summed E-state index contributed by atoms with van der Waals surface area (Å²) in [6.45, 7) is 4.25. The molecule has 0 radical (unpaired) electrons. The first-order valence-corrected chi connectivity index (χ1v) is 6.36. The maximum Gasteiger partial charge on any atom is 0.275 e. The number of nitrogens with one attached hydrogen (secondary N) is 2. The lowest BCUT2D eigenvalue weighted by molar-refractivity contribution is 0.0470. The number of aromatic amines is 1. The number of amides is 1. The Morgan fingerprint density at radius 2 is 2.21 bits per heavy atom. The number of fused-ring (bicyclic) bond motifs is 1. The fraction of sp³-hybridized carbons (Fsp3) is 0.667. The Hall–Kier alpha value is -1.50. The van der Waals surface area contributed by atoms with Gasteiger partial charge >= 0.3 is 0 Å². The van der Waals surface area contributed by atoms with Crippen molar-refractivity contribution >= 4 is 5.91 Å². The molecule has 0 saturated heterocycles. The molecule has 5 nitrogen and oxygen atoms in total. The molecule has 1 amide bonds. The van der Waals surface area contributed by atoms with Crippen LogP contribution in [0.1, 0.15) is 35.6 Å². The molecular weight excluding hydrogens is 254 g/mol. The van der Waals surface area contributed by atoms with E-state index in [1.165, 1.54) is 0 Å². The first-order valence-electron chi connectivity index (χ1n) is 6.36. The van der Waals surface area contributed by atoms with Crippen LogP contribution in [0.25, 0.3) is 0 Å². The van der Waals surface area contributed by atoms with E-state index in [1.54, 1.807) is 13.8 Å². The van der Waals surface area contributed by atoms with Crippen molar-refractivity contribution in [3.8, 4) is 0 Å². The molecule has 0 aromatic carbocycles. The molecule has 2 rings (SSSR count). The third kappa shape index (κ3) is 2.91. The average molecular weight is 272 g/mol. The van der Waals surface area contributed by atoms with Gasteiger partial charge in [0.25, 0.3) is 12.3 Å².